The number of fused-ring (bicyclic) bond motifs is 3. The lowest BCUT2D eigenvalue weighted by Gasteiger charge is -2.34. The van der Waals surface area contributed by atoms with E-state index >= 15 is 0 Å². The highest BCUT2D eigenvalue weighted by atomic mass is 35.5. The molecule has 2 aromatic heterocycles. The van der Waals surface area contributed by atoms with Gasteiger partial charge in [0.25, 0.3) is 11.8 Å². The Kier molecular flexibility index (Phi) is 5.45. The monoisotopic (exact) mass is 486 g/mol. The summed E-state index contributed by atoms with van der Waals surface area (Å²) in [5.74, 6) is -0.217. The summed E-state index contributed by atoms with van der Waals surface area (Å²) < 4.78 is 3.61. The average Bonchev–Trinajstić information content (AvgIpc) is 3.29. The van der Waals surface area contributed by atoms with E-state index in [1.54, 1.807) is 27.8 Å². The summed E-state index contributed by atoms with van der Waals surface area (Å²) in [4.78, 5) is 30.3. The second-order valence-corrected chi connectivity index (χ2v) is 9.55. The molecule has 0 bridgehead atoms. The summed E-state index contributed by atoms with van der Waals surface area (Å²) in [6.45, 7) is 5.95. The zero-order valence-corrected chi connectivity index (χ0v) is 20.2. The quantitative estimate of drug-likeness (QED) is 0.567. The molecule has 1 aromatic carbocycles. The zero-order valence-electron chi connectivity index (χ0n) is 18.7. The van der Waals surface area contributed by atoms with Gasteiger partial charge >= 0.3 is 0 Å². The van der Waals surface area contributed by atoms with Crippen molar-refractivity contribution in [2.75, 3.05) is 6.54 Å². The van der Waals surface area contributed by atoms with Crippen molar-refractivity contribution in [1.29, 1.82) is 0 Å². The number of aromatic nitrogens is 4. The molecule has 172 valence electrons. The van der Waals surface area contributed by atoms with Crippen molar-refractivity contribution in [2.45, 2.75) is 45.9 Å². The Morgan fingerprint density at radius 1 is 1.15 bits per heavy atom. The molecule has 0 unspecified atom stereocenters. The van der Waals surface area contributed by atoms with E-state index in [2.05, 4.69) is 5.10 Å². The third-order valence-electron chi connectivity index (χ3n) is 6.50. The number of aryl methyl sites for hydroxylation is 2. The fourth-order valence-electron chi connectivity index (χ4n) is 4.59. The van der Waals surface area contributed by atoms with Crippen LogP contribution in [0.3, 0.4) is 0 Å². The van der Waals surface area contributed by atoms with Crippen LogP contribution in [0.4, 0.5) is 0 Å². The molecule has 0 fully saturated rings. The van der Waals surface area contributed by atoms with E-state index in [-0.39, 0.29) is 17.9 Å². The number of nitrogens with zero attached hydrogens (tertiary/aromatic N) is 6. The van der Waals surface area contributed by atoms with E-state index in [1.807, 2.05) is 36.5 Å². The standard InChI is InChI=1S/C23H24Cl2N6O2/c1-13-8-16(26-28(13)3)11-29-6-7-31-21(23(29)33)17-12-30(14(2)9-20(17)27-31)22(32)15-4-5-18(24)19(25)10-15/h4-5,8,10,14H,6-7,9,11-12H2,1-3H3/t14-/m1/s1. The Labute approximate surface area is 201 Å². The van der Waals surface area contributed by atoms with Gasteiger partial charge in [-0.3, -0.25) is 19.0 Å². The summed E-state index contributed by atoms with van der Waals surface area (Å²) in [7, 11) is 1.89. The molecule has 8 nitrogen and oxygen atoms in total. The molecule has 0 radical (unpaired) electrons. The number of carbonyl (C=O) groups excluding carboxylic acids is 2. The van der Waals surface area contributed by atoms with Crippen molar-refractivity contribution in [2.24, 2.45) is 7.05 Å². The summed E-state index contributed by atoms with van der Waals surface area (Å²) in [5.41, 5.74) is 4.66. The minimum absolute atomic E-state index is 0.0564. The molecular weight excluding hydrogens is 463 g/mol. The molecule has 0 spiro atoms. The summed E-state index contributed by atoms with van der Waals surface area (Å²) >= 11 is 12.1. The van der Waals surface area contributed by atoms with Crippen molar-refractivity contribution in [3.63, 3.8) is 0 Å². The van der Waals surface area contributed by atoms with Crippen LogP contribution in [-0.2, 0) is 33.1 Å². The Morgan fingerprint density at radius 2 is 1.94 bits per heavy atom. The van der Waals surface area contributed by atoms with Crippen LogP contribution in [0.1, 0.15) is 50.4 Å². The number of amides is 2. The first-order valence-electron chi connectivity index (χ1n) is 10.9. The number of carbonyl (C=O) groups is 2. The second-order valence-electron chi connectivity index (χ2n) is 8.74. The number of benzene rings is 1. The molecule has 4 heterocycles. The van der Waals surface area contributed by atoms with Gasteiger partial charge in [-0.25, -0.2) is 0 Å². The van der Waals surface area contributed by atoms with Crippen molar-refractivity contribution >= 4 is 35.0 Å². The van der Waals surface area contributed by atoms with Crippen LogP contribution >= 0.6 is 23.2 Å². The van der Waals surface area contributed by atoms with Crippen LogP contribution < -0.4 is 0 Å². The molecule has 0 saturated carbocycles. The van der Waals surface area contributed by atoms with Crippen molar-refractivity contribution in [1.82, 2.24) is 29.4 Å². The Hall–Kier alpha value is -2.84. The number of hydrogen-bond donors (Lipinski definition) is 0. The molecule has 10 heteroatoms. The Balaban J connectivity index is 1.42. The molecule has 0 saturated heterocycles. The maximum Gasteiger partial charge on any atom is 0.272 e. The van der Waals surface area contributed by atoms with Crippen LogP contribution in [0.2, 0.25) is 10.0 Å². The number of hydrogen-bond acceptors (Lipinski definition) is 4. The number of rotatable bonds is 3. The van der Waals surface area contributed by atoms with Gasteiger partial charge in [0.15, 0.2) is 0 Å². The first-order chi connectivity index (χ1) is 15.7. The third-order valence-corrected chi connectivity index (χ3v) is 7.24. The van der Waals surface area contributed by atoms with E-state index in [9.17, 15) is 9.59 Å². The van der Waals surface area contributed by atoms with Gasteiger partial charge in [0.2, 0.25) is 0 Å². The zero-order chi connectivity index (χ0) is 23.4. The average molecular weight is 487 g/mol. The molecular formula is C23H24Cl2N6O2. The minimum Gasteiger partial charge on any atom is -0.331 e. The molecule has 2 amide bonds. The topological polar surface area (TPSA) is 76.3 Å². The highest BCUT2D eigenvalue weighted by Crippen LogP contribution is 2.31. The van der Waals surface area contributed by atoms with Gasteiger partial charge in [-0.05, 0) is 38.1 Å². The lowest BCUT2D eigenvalue weighted by Crippen LogP contribution is -2.44. The van der Waals surface area contributed by atoms with E-state index < -0.39 is 0 Å². The van der Waals surface area contributed by atoms with Crippen molar-refractivity contribution < 1.29 is 9.59 Å². The first-order valence-corrected chi connectivity index (χ1v) is 11.6. The molecule has 0 aliphatic carbocycles. The Morgan fingerprint density at radius 3 is 2.64 bits per heavy atom. The largest absolute Gasteiger partial charge is 0.331 e. The van der Waals surface area contributed by atoms with Crippen LogP contribution in [0.25, 0.3) is 0 Å². The van der Waals surface area contributed by atoms with Crippen molar-refractivity contribution in [3.05, 3.63) is 68.2 Å². The minimum atomic E-state index is -0.143. The SMILES string of the molecule is Cc1cc(CN2CCn3nc4c(c3C2=O)CN(C(=O)c2ccc(Cl)c(Cl)c2)[C@H](C)C4)nn1C. The normalized spacial score (nSPS) is 17.8. The van der Waals surface area contributed by atoms with E-state index in [0.29, 0.717) is 53.9 Å². The lowest BCUT2D eigenvalue weighted by atomic mass is 9.97. The maximum absolute atomic E-state index is 13.5. The van der Waals surface area contributed by atoms with Crippen molar-refractivity contribution in [3.8, 4) is 0 Å². The van der Waals surface area contributed by atoms with Crippen LogP contribution in [0.5, 0.6) is 0 Å². The second kappa shape index (κ2) is 8.18. The van der Waals surface area contributed by atoms with Gasteiger partial charge in [0.05, 0.1) is 41.1 Å². The molecule has 2 aliphatic heterocycles. The lowest BCUT2D eigenvalue weighted by molar-refractivity contribution is 0.0636. The van der Waals surface area contributed by atoms with E-state index in [4.69, 9.17) is 28.3 Å². The van der Waals surface area contributed by atoms with Gasteiger partial charge < -0.3 is 9.80 Å². The molecule has 0 N–H and O–H groups in total. The van der Waals surface area contributed by atoms with Gasteiger partial charge in [0, 0.05) is 42.9 Å². The maximum atomic E-state index is 13.5. The van der Waals surface area contributed by atoms with Gasteiger partial charge in [0.1, 0.15) is 5.69 Å². The summed E-state index contributed by atoms with van der Waals surface area (Å²) in [6.07, 6.45) is 0.592. The third kappa shape index (κ3) is 3.81. The van der Waals surface area contributed by atoms with Crippen LogP contribution in [0.15, 0.2) is 24.3 Å². The highest BCUT2D eigenvalue weighted by molar-refractivity contribution is 6.42. The van der Waals surface area contributed by atoms with Crippen LogP contribution in [-0.4, -0.2) is 53.8 Å². The highest BCUT2D eigenvalue weighted by Gasteiger charge is 2.37. The Bertz CT molecular complexity index is 1260. The summed E-state index contributed by atoms with van der Waals surface area (Å²) in [6, 6.07) is 6.82. The van der Waals surface area contributed by atoms with E-state index in [0.717, 1.165) is 22.6 Å². The molecule has 1 atom stereocenters. The fraction of sp³-hybridized carbons (Fsp3) is 0.391. The first kappa shape index (κ1) is 22.0. The fourth-order valence-corrected chi connectivity index (χ4v) is 4.89. The predicted octanol–water partition coefficient (Wildman–Crippen LogP) is 3.47. The molecule has 33 heavy (non-hydrogen) atoms. The van der Waals surface area contributed by atoms with Crippen LogP contribution in [0, 0.1) is 6.92 Å². The van der Waals surface area contributed by atoms with Gasteiger partial charge in [-0.15, -0.1) is 0 Å². The van der Waals surface area contributed by atoms with Gasteiger partial charge in [-0.2, -0.15) is 10.2 Å². The predicted molar refractivity (Wildman–Crippen MR) is 124 cm³/mol. The van der Waals surface area contributed by atoms with Gasteiger partial charge in [-0.1, -0.05) is 23.2 Å². The number of halogens is 2. The molecule has 5 rings (SSSR count). The molecule has 3 aromatic rings. The molecule has 2 aliphatic rings. The smallest absolute Gasteiger partial charge is 0.272 e. The summed E-state index contributed by atoms with van der Waals surface area (Å²) in [5, 5.41) is 9.95. The van der Waals surface area contributed by atoms with E-state index in [1.165, 1.54) is 0 Å².